The Labute approximate surface area is 132 Å². The van der Waals surface area contributed by atoms with Gasteiger partial charge >= 0.3 is 0 Å². The third kappa shape index (κ3) is 5.76. The van der Waals surface area contributed by atoms with Crippen LogP contribution in [0.5, 0.6) is 5.75 Å². The predicted octanol–water partition coefficient (Wildman–Crippen LogP) is 2.60. The van der Waals surface area contributed by atoms with E-state index in [2.05, 4.69) is 5.32 Å². The molecule has 0 saturated carbocycles. The molecule has 0 heterocycles. The molecule has 22 heavy (non-hydrogen) atoms. The third-order valence-electron chi connectivity index (χ3n) is 3.11. The minimum Gasteiger partial charge on any atom is -0.492 e. The number of anilines is 1. The largest absolute Gasteiger partial charge is 0.492 e. The van der Waals surface area contributed by atoms with Crippen LogP contribution in [0.2, 0.25) is 0 Å². The maximum Gasteiger partial charge on any atom is 0.223 e. The summed E-state index contributed by atoms with van der Waals surface area (Å²) in [7, 11) is 0. The molecule has 0 atom stereocenters. The molecule has 0 aliphatic heterocycles. The van der Waals surface area contributed by atoms with Crippen molar-refractivity contribution in [2.45, 2.75) is 34.1 Å². The maximum absolute atomic E-state index is 11.9. The van der Waals surface area contributed by atoms with Crippen LogP contribution < -0.4 is 15.0 Å². The van der Waals surface area contributed by atoms with E-state index in [0.717, 1.165) is 0 Å². The number of benzene rings is 1. The van der Waals surface area contributed by atoms with Gasteiger partial charge in [0.15, 0.2) is 0 Å². The third-order valence-corrected chi connectivity index (χ3v) is 3.11. The van der Waals surface area contributed by atoms with Gasteiger partial charge in [-0.3, -0.25) is 9.59 Å². The molecule has 0 aliphatic rings. The number of nitrogens with zero attached hydrogens (tertiary/aromatic N) is 1. The SMILES string of the molecule is CCOc1ccccc1N(CCC(=O)NCC(C)C)C(C)=O. The predicted molar refractivity (Wildman–Crippen MR) is 88.1 cm³/mol. The molecule has 5 nitrogen and oxygen atoms in total. The summed E-state index contributed by atoms with van der Waals surface area (Å²) in [6, 6.07) is 7.38. The van der Waals surface area contributed by atoms with Gasteiger partial charge in [-0.05, 0) is 25.0 Å². The zero-order chi connectivity index (χ0) is 16.5. The standard InChI is InChI=1S/C17H26N2O3/c1-5-22-16-9-7-6-8-15(16)19(14(4)20)11-10-17(21)18-12-13(2)3/h6-9,13H,5,10-12H2,1-4H3,(H,18,21). The summed E-state index contributed by atoms with van der Waals surface area (Å²) in [5.74, 6) is 0.909. The lowest BCUT2D eigenvalue weighted by Gasteiger charge is -2.23. The van der Waals surface area contributed by atoms with Crippen LogP contribution in [0.3, 0.4) is 0 Å². The maximum atomic E-state index is 11.9. The summed E-state index contributed by atoms with van der Waals surface area (Å²) in [5.41, 5.74) is 0.702. The van der Waals surface area contributed by atoms with E-state index in [1.54, 1.807) is 4.90 Å². The minimum absolute atomic E-state index is 0.0474. The number of para-hydroxylation sites is 2. The van der Waals surface area contributed by atoms with Crippen LogP contribution in [0.25, 0.3) is 0 Å². The van der Waals surface area contributed by atoms with E-state index in [0.29, 0.717) is 37.1 Å². The molecule has 122 valence electrons. The number of carbonyl (C=O) groups excluding carboxylic acids is 2. The number of amides is 2. The van der Waals surface area contributed by atoms with E-state index in [9.17, 15) is 9.59 Å². The summed E-state index contributed by atoms with van der Waals surface area (Å²) >= 11 is 0. The number of rotatable bonds is 8. The first-order chi connectivity index (χ1) is 10.5. The molecule has 1 N–H and O–H groups in total. The summed E-state index contributed by atoms with van der Waals surface area (Å²) in [4.78, 5) is 25.3. The fraction of sp³-hybridized carbons (Fsp3) is 0.529. The monoisotopic (exact) mass is 306 g/mol. The lowest BCUT2D eigenvalue weighted by molar-refractivity contribution is -0.121. The number of hydrogen-bond acceptors (Lipinski definition) is 3. The van der Waals surface area contributed by atoms with Crippen LogP contribution in [-0.4, -0.2) is 31.5 Å². The summed E-state index contributed by atoms with van der Waals surface area (Å²) in [6.45, 7) is 8.99. The van der Waals surface area contributed by atoms with Crippen LogP contribution in [0.4, 0.5) is 5.69 Å². The molecular weight excluding hydrogens is 280 g/mol. The first kappa shape index (κ1) is 18.0. The lowest BCUT2D eigenvalue weighted by atomic mass is 10.2. The van der Waals surface area contributed by atoms with Crippen molar-refractivity contribution >= 4 is 17.5 Å². The number of ether oxygens (including phenoxy) is 1. The average Bonchev–Trinajstić information content (AvgIpc) is 2.47. The molecule has 0 spiro atoms. The van der Waals surface area contributed by atoms with Crippen molar-refractivity contribution in [3.63, 3.8) is 0 Å². The van der Waals surface area contributed by atoms with Crippen molar-refractivity contribution in [2.75, 3.05) is 24.6 Å². The van der Waals surface area contributed by atoms with Gasteiger partial charge in [-0.1, -0.05) is 26.0 Å². The molecule has 0 aliphatic carbocycles. The first-order valence-electron chi connectivity index (χ1n) is 7.72. The number of hydrogen-bond donors (Lipinski definition) is 1. The summed E-state index contributed by atoms with van der Waals surface area (Å²) in [6.07, 6.45) is 0.271. The van der Waals surface area contributed by atoms with Gasteiger partial charge < -0.3 is 15.0 Å². The van der Waals surface area contributed by atoms with E-state index in [-0.39, 0.29) is 18.2 Å². The van der Waals surface area contributed by atoms with Crippen LogP contribution in [0.15, 0.2) is 24.3 Å². The Balaban J connectivity index is 2.74. The topological polar surface area (TPSA) is 58.6 Å². The van der Waals surface area contributed by atoms with Gasteiger partial charge in [0.2, 0.25) is 11.8 Å². The second-order valence-electron chi connectivity index (χ2n) is 5.52. The van der Waals surface area contributed by atoms with Crippen molar-refractivity contribution in [3.8, 4) is 5.75 Å². The fourth-order valence-electron chi connectivity index (χ4n) is 2.02. The molecule has 0 saturated heterocycles. The van der Waals surface area contributed by atoms with Crippen molar-refractivity contribution in [2.24, 2.45) is 5.92 Å². The highest BCUT2D eigenvalue weighted by Gasteiger charge is 2.17. The van der Waals surface area contributed by atoms with E-state index in [1.165, 1.54) is 6.92 Å². The molecule has 1 aromatic carbocycles. The second kappa shape index (κ2) is 9.07. The highest BCUT2D eigenvalue weighted by atomic mass is 16.5. The normalized spacial score (nSPS) is 10.4. The number of nitrogens with one attached hydrogen (secondary N) is 1. The minimum atomic E-state index is -0.108. The van der Waals surface area contributed by atoms with Crippen molar-refractivity contribution in [1.29, 1.82) is 0 Å². The molecule has 0 unspecified atom stereocenters. The lowest BCUT2D eigenvalue weighted by Crippen LogP contribution is -2.35. The molecule has 1 aromatic rings. The highest BCUT2D eigenvalue weighted by Crippen LogP contribution is 2.28. The van der Waals surface area contributed by atoms with Crippen molar-refractivity contribution in [3.05, 3.63) is 24.3 Å². The Morgan fingerprint density at radius 1 is 1.27 bits per heavy atom. The Kier molecular flexibility index (Phi) is 7.43. The zero-order valence-electron chi connectivity index (χ0n) is 13.9. The van der Waals surface area contributed by atoms with Crippen molar-refractivity contribution < 1.29 is 14.3 Å². The average molecular weight is 306 g/mol. The van der Waals surface area contributed by atoms with Crippen LogP contribution in [-0.2, 0) is 9.59 Å². The quantitative estimate of drug-likeness (QED) is 0.803. The van der Waals surface area contributed by atoms with E-state index < -0.39 is 0 Å². The van der Waals surface area contributed by atoms with Gasteiger partial charge in [-0.25, -0.2) is 0 Å². The van der Waals surface area contributed by atoms with Gasteiger partial charge in [0.1, 0.15) is 5.75 Å². The Bertz CT molecular complexity index is 500. The Hall–Kier alpha value is -2.04. The smallest absolute Gasteiger partial charge is 0.223 e. The molecule has 2 amide bonds. The van der Waals surface area contributed by atoms with Gasteiger partial charge in [-0.2, -0.15) is 0 Å². The van der Waals surface area contributed by atoms with E-state index in [4.69, 9.17) is 4.74 Å². The van der Waals surface area contributed by atoms with Gasteiger partial charge in [-0.15, -0.1) is 0 Å². The van der Waals surface area contributed by atoms with Crippen LogP contribution in [0.1, 0.15) is 34.1 Å². The Morgan fingerprint density at radius 3 is 2.55 bits per heavy atom. The highest BCUT2D eigenvalue weighted by molar-refractivity contribution is 5.93. The Morgan fingerprint density at radius 2 is 1.95 bits per heavy atom. The summed E-state index contributed by atoms with van der Waals surface area (Å²) < 4.78 is 5.56. The van der Waals surface area contributed by atoms with Gasteiger partial charge in [0, 0.05) is 26.4 Å². The molecule has 0 fully saturated rings. The van der Waals surface area contributed by atoms with Crippen LogP contribution in [0, 0.1) is 5.92 Å². The van der Waals surface area contributed by atoms with Crippen molar-refractivity contribution in [1.82, 2.24) is 5.32 Å². The summed E-state index contributed by atoms with van der Waals surface area (Å²) in [5, 5.41) is 2.86. The zero-order valence-corrected chi connectivity index (χ0v) is 13.9. The first-order valence-corrected chi connectivity index (χ1v) is 7.72. The number of carbonyl (C=O) groups is 2. The van der Waals surface area contributed by atoms with Crippen LogP contribution >= 0.6 is 0 Å². The van der Waals surface area contributed by atoms with E-state index >= 15 is 0 Å². The molecule has 0 aromatic heterocycles. The van der Waals surface area contributed by atoms with Gasteiger partial charge in [0.25, 0.3) is 0 Å². The molecular formula is C17H26N2O3. The second-order valence-corrected chi connectivity index (χ2v) is 5.52. The van der Waals surface area contributed by atoms with E-state index in [1.807, 2.05) is 45.0 Å². The molecule has 0 bridgehead atoms. The fourth-order valence-corrected chi connectivity index (χ4v) is 2.02. The molecule has 0 radical (unpaired) electrons. The molecule has 1 rings (SSSR count). The van der Waals surface area contributed by atoms with Gasteiger partial charge in [0.05, 0.1) is 12.3 Å². The molecule has 5 heteroatoms.